The molecule has 4 rings (SSSR count). The van der Waals surface area contributed by atoms with Crippen LogP contribution in [0.3, 0.4) is 0 Å². The van der Waals surface area contributed by atoms with Gasteiger partial charge in [-0.2, -0.15) is 13.2 Å². The number of alkyl halides is 3. The van der Waals surface area contributed by atoms with Gasteiger partial charge in [0, 0.05) is 19.0 Å². The highest BCUT2D eigenvalue weighted by atomic mass is 35.5. The molecule has 4 nitrogen and oxygen atoms in total. The number of aromatic hydroxyl groups is 1. The highest BCUT2D eigenvalue weighted by Gasteiger charge is 2.58. The van der Waals surface area contributed by atoms with Crippen LogP contribution < -0.4 is 5.32 Å². The van der Waals surface area contributed by atoms with Crippen molar-refractivity contribution in [1.29, 1.82) is 0 Å². The fourth-order valence-corrected chi connectivity index (χ4v) is 4.79. The molecule has 1 heterocycles. The topological polar surface area (TPSA) is 52.6 Å². The van der Waals surface area contributed by atoms with E-state index in [2.05, 4.69) is 10.2 Å². The summed E-state index contributed by atoms with van der Waals surface area (Å²) < 4.78 is 39.4. The van der Waals surface area contributed by atoms with E-state index in [1.54, 1.807) is 18.2 Å². The van der Waals surface area contributed by atoms with E-state index in [-0.39, 0.29) is 35.1 Å². The van der Waals surface area contributed by atoms with Crippen molar-refractivity contribution >= 4 is 17.5 Å². The third-order valence-electron chi connectivity index (χ3n) is 6.55. The second-order valence-electron chi connectivity index (χ2n) is 8.55. The normalized spacial score (nSPS) is 20.6. The Morgan fingerprint density at radius 3 is 2.58 bits per heavy atom. The van der Waals surface area contributed by atoms with Crippen molar-refractivity contribution in [3.05, 3.63) is 64.2 Å². The zero-order chi connectivity index (χ0) is 22.2. The lowest BCUT2D eigenvalue weighted by atomic mass is 9.90. The van der Waals surface area contributed by atoms with Gasteiger partial charge in [0.1, 0.15) is 5.75 Å². The molecule has 8 heteroatoms. The van der Waals surface area contributed by atoms with E-state index < -0.39 is 11.7 Å². The molecule has 0 radical (unpaired) electrons. The number of carbonyl (C=O) groups excluding carboxylic acids is 1. The Hall–Kier alpha value is -2.25. The highest BCUT2D eigenvalue weighted by molar-refractivity contribution is 6.32. The maximum Gasteiger partial charge on any atom is 0.416 e. The van der Waals surface area contributed by atoms with E-state index in [1.807, 2.05) is 6.07 Å². The van der Waals surface area contributed by atoms with E-state index in [0.29, 0.717) is 5.02 Å². The summed E-state index contributed by atoms with van der Waals surface area (Å²) in [4.78, 5) is 14.9. The summed E-state index contributed by atoms with van der Waals surface area (Å²) in [7, 11) is 0. The number of phenols is 1. The first-order chi connectivity index (χ1) is 14.7. The fraction of sp³-hybridized carbons (Fsp3) is 0.435. The van der Waals surface area contributed by atoms with Gasteiger partial charge in [0.25, 0.3) is 0 Å². The lowest BCUT2D eigenvalue weighted by Gasteiger charge is -2.32. The first kappa shape index (κ1) is 22.0. The quantitative estimate of drug-likeness (QED) is 0.672. The van der Waals surface area contributed by atoms with Crippen LogP contribution in [-0.2, 0) is 24.1 Å². The smallest absolute Gasteiger partial charge is 0.416 e. The van der Waals surface area contributed by atoms with Gasteiger partial charge < -0.3 is 10.4 Å². The van der Waals surface area contributed by atoms with Crippen molar-refractivity contribution in [2.75, 3.05) is 13.1 Å². The van der Waals surface area contributed by atoms with E-state index in [0.717, 1.165) is 50.5 Å². The Morgan fingerprint density at radius 2 is 1.90 bits per heavy atom. The lowest BCUT2D eigenvalue weighted by Crippen LogP contribution is -2.36. The Balaban J connectivity index is 1.28. The summed E-state index contributed by atoms with van der Waals surface area (Å²) >= 11 is 5.97. The first-order valence-electron chi connectivity index (χ1n) is 10.3. The van der Waals surface area contributed by atoms with Gasteiger partial charge in [-0.25, -0.2) is 0 Å². The maximum atomic E-state index is 13.1. The molecule has 2 aromatic rings. The van der Waals surface area contributed by atoms with Crippen LogP contribution in [0.4, 0.5) is 13.2 Å². The summed E-state index contributed by atoms with van der Waals surface area (Å²) in [5, 5.41) is 12.6. The number of piperidine rings is 1. The number of carbonyl (C=O) groups is 1. The largest absolute Gasteiger partial charge is 0.506 e. The summed E-state index contributed by atoms with van der Waals surface area (Å²) in [6.45, 7) is 2.30. The molecule has 1 aliphatic carbocycles. The molecular weight excluding hydrogens is 429 g/mol. The Labute approximate surface area is 184 Å². The summed E-state index contributed by atoms with van der Waals surface area (Å²) in [6, 6.07) is 10.5. The van der Waals surface area contributed by atoms with Crippen LogP contribution in [0.1, 0.15) is 36.0 Å². The van der Waals surface area contributed by atoms with Crippen molar-refractivity contribution < 1.29 is 23.1 Å². The molecule has 2 aromatic carbocycles. The van der Waals surface area contributed by atoms with E-state index >= 15 is 0 Å². The van der Waals surface area contributed by atoms with Crippen LogP contribution in [0, 0.1) is 11.3 Å². The van der Waals surface area contributed by atoms with Crippen molar-refractivity contribution in [1.82, 2.24) is 10.2 Å². The molecule has 166 valence electrons. The van der Waals surface area contributed by atoms with Crippen LogP contribution >= 0.6 is 11.6 Å². The molecule has 1 saturated heterocycles. The Kier molecular flexibility index (Phi) is 5.92. The van der Waals surface area contributed by atoms with E-state index in [1.165, 1.54) is 12.1 Å². The standard InChI is InChI=1S/C23H24ClF3N2O2/c24-19-11-15(5-6-20(19)30)14-29-9-7-22(8-10-29)12-18(22)21(31)28-13-16-3-1-2-4-17(16)23(25,26)27/h1-6,11,18,30H,7-10,12-14H2,(H,28,31). The molecule has 31 heavy (non-hydrogen) atoms. The van der Waals surface area contributed by atoms with Gasteiger partial charge in [-0.3, -0.25) is 9.69 Å². The molecule has 1 amide bonds. The number of benzene rings is 2. The van der Waals surface area contributed by atoms with Crippen LogP contribution in [0.2, 0.25) is 5.02 Å². The molecular formula is C23H24ClF3N2O2. The number of likely N-dealkylation sites (tertiary alicyclic amines) is 1. The molecule has 2 fully saturated rings. The molecule has 1 unspecified atom stereocenters. The molecule has 0 bridgehead atoms. The van der Waals surface area contributed by atoms with Crippen LogP contribution in [0.25, 0.3) is 0 Å². The minimum absolute atomic E-state index is 0.0310. The molecule has 1 atom stereocenters. The second kappa shape index (κ2) is 8.36. The number of rotatable bonds is 5. The Morgan fingerprint density at radius 1 is 1.19 bits per heavy atom. The average molecular weight is 453 g/mol. The lowest BCUT2D eigenvalue weighted by molar-refractivity contribution is -0.138. The van der Waals surface area contributed by atoms with Gasteiger partial charge in [-0.05, 0) is 67.1 Å². The third-order valence-corrected chi connectivity index (χ3v) is 6.85. The Bertz CT molecular complexity index is 972. The number of halogens is 4. The van der Waals surface area contributed by atoms with Crippen LogP contribution in [-0.4, -0.2) is 29.0 Å². The van der Waals surface area contributed by atoms with Crippen molar-refractivity contribution in [3.63, 3.8) is 0 Å². The van der Waals surface area contributed by atoms with Gasteiger partial charge in [0.05, 0.1) is 10.6 Å². The number of hydrogen-bond donors (Lipinski definition) is 2. The van der Waals surface area contributed by atoms with Gasteiger partial charge in [-0.15, -0.1) is 0 Å². The van der Waals surface area contributed by atoms with Crippen LogP contribution in [0.5, 0.6) is 5.75 Å². The van der Waals surface area contributed by atoms with Crippen molar-refractivity contribution in [3.8, 4) is 5.75 Å². The SMILES string of the molecule is O=C(NCc1ccccc1C(F)(F)F)C1CC12CCN(Cc1ccc(O)c(Cl)c1)CC2. The number of nitrogens with zero attached hydrogens (tertiary/aromatic N) is 1. The van der Waals surface area contributed by atoms with Gasteiger partial charge in [0.15, 0.2) is 0 Å². The average Bonchev–Trinajstić information content (AvgIpc) is 3.44. The van der Waals surface area contributed by atoms with Gasteiger partial charge >= 0.3 is 6.18 Å². The molecule has 2 aliphatic rings. The minimum atomic E-state index is -4.43. The number of phenolic OH excluding ortho intramolecular Hbond substituents is 1. The third kappa shape index (κ3) is 4.83. The van der Waals surface area contributed by atoms with E-state index in [4.69, 9.17) is 11.6 Å². The molecule has 1 saturated carbocycles. The molecule has 2 N–H and O–H groups in total. The zero-order valence-electron chi connectivity index (χ0n) is 16.9. The summed E-state index contributed by atoms with van der Waals surface area (Å²) in [5.74, 6) is -0.223. The predicted molar refractivity (Wildman–Crippen MR) is 111 cm³/mol. The zero-order valence-corrected chi connectivity index (χ0v) is 17.6. The predicted octanol–water partition coefficient (Wildman–Crippen LogP) is 4.98. The highest BCUT2D eigenvalue weighted by Crippen LogP contribution is 2.59. The second-order valence-corrected chi connectivity index (χ2v) is 8.96. The maximum absolute atomic E-state index is 13.1. The molecule has 1 spiro atoms. The summed E-state index contributed by atoms with van der Waals surface area (Å²) in [6.07, 6.45) is -1.87. The van der Waals surface area contributed by atoms with E-state index in [9.17, 15) is 23.1 Å². The minimum Gasteiger partial charge on any atom is -0.506 e. The number of nitrogens with one attached hydrogen (secondary N) is 1. The van der Waals surface area contributed by atoms with Crippen molar-refractivity contribution in [2.24, 2.45) is 11.3 Å². The van der Waals surface area contributed by atoms with Crippen molar-refractivity contribution in [2.45, 2.75) is 38.5 Å². The monoisotopic (exact) mass is 452 g/mol. The fourth-order valence-electron chi connectivity index (χ4n) is 4.59. The molecule has 0 aromatic heterocycles. The number of amides is 1. The van der Waals surface area contributed by atoms with Crippen LogP contribution in [0.15, 0.2) is 42.5 Å². The first-order valence-corrected chi connectivity index (χ1v) is 10.7. The number of hydrogen-bond acceptors (Lipinski definition) is 3. The summed E-state index contributed by atoms with van der Waals surface area (Å²) in [5.41, 5.74) is 0.368. The van der Waals surface area contributed by atoms with Gasteiger partial charge in [-0.1, -0.05) is 35.9 Å². The van der Waals surface area contributed by atoms with Gasteiger partial charge in [0.2, 0.25) is 5.91 Å². The molecule has 1 aliphatic heterocycles.